The molecular formula is C17H14BrN3O. The number of nitriles is 1. The Morgan fingerprint density at radius 3 is 2.82 bits per heavy atom. The Morgan fingerprint density at radius 1 is 1.32 bits per heavy atom. The number of ether oxygens (including phenoxy) is 1. The number of aromatic amines is 1. The third-order valence-corrected chi connectivity index (χ3v) is 4.17. The molecule has 22 heavy (non-hydrogen) atoms. The van der Waals surface area contributed by atoms with Gasteiger partial charge in [0.2, 0.25) is 0 Å². The summed E-state index contributed by atoms with van der Waals surface area (Å²) in [6.45, 7) is 0. The topological polar surface area (TPSA) is 61.7 Å². The first-order valence-electron chi connectivity index (χ1n) is 6.88. The van der Waals surface area contributed by atoms with Crippen LogP contribution in [0.1, 0.15) is 17.3 Å². The maximum atomic E-state index is 9.49. The van der Waals surface area contributed by atoms with Crippen molar-refractivity contribution in [1.82, 2.24) is 9.97 Å². The smallest absolute Gasteiger partial charge is 0.133 e. The Morgan fingerprint density at radius 2 is 2.14 bits per heavy atom. The van der Waals surface area contributed by atoms with Crippen molar-refractivity contribution in [2.75, 3.05) is 7.11 Å². The molecule has 0 aliphatic heterocycles. The van der Waals surface area contributed by atoms with Gasteiger partial charge in [0.1, 0.15) is 17.5 Å². The van der Waals surface area contributed by atoms with E-state index in [0.29, 0.717) is 12.2 Å². The van der Waals surface area contributed by atoms with Crippen molar-refractivity contribution >= 4 is 27.0 Å². The highest BCUT2D eigenvalue weighted by Crippen LogP contribution is 2.28. The van der Waals surface area contributed by atoms with E-state index in [9.17, 15) is 5.26 Å². The zero-order valence-corrected chi connectivity index (χ0v) is 13.6. The van der Waals surface area contributed by atoms with Gasteiger partial charge >= 0.3 is 0 Å². The van der Waals surface area contributed by atoms with Crippen LogP contribution in [0.5, 0.6) is 5.75 Å². The van der Waals surface area contributed by atoms with E-state index >= 15 is 0 Å². The van der Waals surface area contributed by atoms with Crippen LogP contribution in [-0.4, -0.2) is 17.1 Å². The summed E-state index contributed by atoms with van der Waals surface area (Å²) >= 11 is 3.47. The average molecular weight is 356 g/mol. The van der Waals surface area contributed by atoms with Crippen LogP contribution in [0, 0.1) is 11.3 Å². The van der Waals surface area contributed by atoms with Crippen LogP contribution in [-0.2, 0) is 6.42 Å². The molecule has 1 aromatic heterocycles. The fourth-order valence-corrected chi connectivity index (χ4v) is 3.00. The Kier molecular flexibility index (Phi) is 4.12. The zero-order valence-electron chi connectivity index (χ0n) is 12.0. The molecule has 2 aromatic carbocycles. The number of fused-ring (bicyclic) bond motifs is 1. The van der Waals surface area contributed by atoms with Crippen molar-refractivity contribution in [3.63, 3.8) is 0 Å². The Bertz CT molecular complexity index is 817. The molecule has 1 atom stereocenters. The van der Waals surface area contributed by atoms with E-state index in [-0.39, 0.29) is 5.92 Å². The number of nitrogens with zero attached hydrogens (tertiary/aromatic N) is 2. The number of benzene rings is 2. The lowest BCUT2D eigenvalue weighted by Gasteiger charge is -2.09. The standard InChI is InChI=1S/C17H14BrN3O/c1-22-16-7-6-11(9-13(16)18)8-12(10-19)17-20-14-4-2-3-5-15(14)21-17/h2-7,9,12H,8H2,1H3,(H,20,21). The van der Waals surface area contributed by atoms with Gasteiger partial charge in [0.05, 0.1) is 28.7 Å². The van der Waals surface area contributed by atoms with Crippen LogP contribution in [0.3, 0.4) is 0 Å². The van der Waals surface area contributed by atoms with E-state index in [1.807, 2.05) is 42.5 Å². The molecule has 3 aromatic rings. The number of aromatic nitrogens is 2. The maximum Gasteiger partial charge on any atom is 0.133 e. The number of H-pyrrole nitrogens is 1. The molecule has 0 aliphatic carbocycles. The number of hydrogen-bond donors (Lipinski definition) is 1. The number of halogens is 1. The molecule has 4 nitrogen and oxygen atoms in total. The van der Waals surface area contributed by atoms with Crippen molar-refractivity contribution in [1.29, 1.82) is 5.26 Å². The van der Waals surface area contributed by atoms with Gasteiger partial charge in [-0.3, -0.25) is 0 Å². The molecule has 3 rings (SSSR count). The average Bonchev–Trinajstić information content (AvgIpc) is 2.96. The fourth-order valence-electron chi connectivity index (χ4n) is 2.41. The van der Waals surface area contributed by atoms with Crippen molar-refractivity contribution in [3.05, 3.63) is 58.3 Å². The van der Waals surface area contributed by atoms with E-state index in [2.05, 4.69) is 32.0 Å². The molecule has 5 heteroatoms. The van der Waals surface area contributed by atoms with Gasteiger partial charge in [-0.2, -0.15) is 5.26 Å². The summed E-state index contributed by atoms with van der Waals surface area (Å²) in [5.41, 5.74) is 2.89. The maximum absolute atomic E-state index is 9.49. The normalized spacial score (nSPS) is 12.0. The lowest BCUT2D eigenvalue weighted by Crippen LogP contribution is -2.03. The highest BCUT2D eigenvalue weighted by atomic mass is 79.9. The van der Waals surface area contributed by atoms with Gasteiger partial charge in [-0.25, -0.2) is 4.98 Å². The summed E-state index contributed by atoms with van der Waals surface area (Å²) in [5, 5.41) is 9.49. The monoisotopic (exact) mass is 355 g/mol. The van der Waals surface area contributed by atoms with E-state index in [1.165, 1.54) is 0 Å². The highest BCUT2D eigenvalue weighted by molar-refractivity contribution is 9.10. The van der Waals surface area contributed by atoms with Gasteiger partial charge in [-0.15, -0.1) is 0 Å². The van der Waals surface area contributed by atoms with Crippen molar-refractivity contribution in [2.24, 2.45) is 0 Å². The van der Waals surface area contributed by atoms with Crippen LogP contribution >= 0.6 is 15.9 Å². The molecule has 0 bridgehead atoms. The number of imidazole rings is 1. The summed E-state index contributed by atoms with van der Waals surface area (Å²) in [6.07, 6.45) is 0.596. The minimum absolute atomic E-state index is 0.312. The molecule has 0 radical (unpaired) electrons. The minimum Gasteiger partial charge on any atom is -0.496 e. The third-order valence-electron chi connectivity index (χ3n) is 3.55. The first kappa shape index (κ1) is 14.6. The fraction of sp³-hybridized carbons (Fsp3) is 0.176. The zero-order chi connectivity index (χ0) is 15.5. The van der Waals surface area contributed by atoms with E-state index < -0.39 is 0 Å². The third kappa shape index (κ3) is 2.83. The van der Waals surface area contributed by atoms with Crippen LogP contribution in [0.25, 0.3) is 11.0 Å². The summed E-state index contributed by atoms with van der Waals surface area (Å²) < 4.78 is 6.11. The lowest BCUT2D eigenvalue weighted by atomic mass is 10.00. The first-order chi connectivity index (χ1) is 10.7. The molecule has 1 unspecified atom stereocenters. The molecule has 0 amide bonds. The highest BCUT2D eigenvalue weighted by Gasteiger charge is 2.16. The van der Waals surface area contributed by atoms with Crippen LogP contribution in [0.15, 0.2) is 46.9 Å². The SMILES string of the molecule is COc1ccc(CC(C#N)c2nc3ccccc3[nH]2)cc1Br. The van der Waals surface area contributed by atoms with E-state index in [4.69, 9.17) is 4.74 Å². The molecule has 0 spiro atoms. The van der Waals surface area contributed by atoms with Gasteiger partial charge in [0.25, 0.3) is 0 Å². The number of rotatable bonds is 4. The Labute approximate surface area is 136 Å². The molecule has 0 fully saturated rings. The van der Waals surface area contributed by atoms with Gasteiger partial charge in [0.15, 0.2) is 0 Å². The molecule has 0 aliphatic rings. The largest absolute Gasteiger partial charge is 0.496 e. The second-order valence-corrected chi connectivity index (χ2v) is 5.85. The first-order valence-corrected chi connectivity index (χ1v) is 7.67. The quantitative estimate of drug-likeness (QED) is 0.763. The molecule has 110 valence electrons. The predicted octanol–water partition coefficient (Wildman–Crippen LogP) is 4.18. The van der Waals surface area contributed by atoms with Gasteiger partial charge in [-0.1, -0.05) is 18.2 Å². The molecule has 1 heterocycles. The predicted molar refractivity (Wildman–Crippen MR) is 88.8 cm³/mol. The summed E-state index contributed by atoms with van der Waals surface area (Å²) in [6, 6.07) is 16.0. The summed E-state index contributed by atoms with van der Waals surface area (Å²) in [5.74, 6) is 1.17. The van der Waals surface area contributed by atoms with Crippen LogP contribution < -0.4 is 4.74 Å². The number of methoxy groups -OCH3 is 1. The molecule has 0 saturated heterocycles. The van der Waals surface area contributed by atoms with Gasteiger partial charge in [-0.05, 0) is 52.2 Å². The minimum atomic E-state index is -0.312. The van der Waals surface area contributed by atoms with Crippen LogP contribution in [0.4, 0.5) is 0 Å². The van der Waals surface area contributed by atoms with Crippen LogP contribution in [0.2, 0.25) is 0 Å². The second-order valence-electron chi connectivity index (χ2n) is 4.99. The lowest BCUT2D eigenvalue weighted by molar-refractivity contribution is 0.412. The second kappa shape index (κ2) is 6.20. The van der Waals surface area contributed by atoms with E-state index in [0.717, 1.165) is 26.8 Å². The Hall–Kier alpha value is -2.32. The van der Waals surface area contributed by atoms with Crippen molar-refractivity contribution in [3.8, 4) is 11.8 Å². The summed E-state index contributed by atoms with van der Waals surface area (Å²) in [4.78, 5) is 7.76. The molecule has 1 N–H and O–H groups in total. The molecular weight excluding hydrogens is 342 g/mol. The van der Waals surface area contributed by atoms with Gasteiger partial charge in [0, 0.05) is 0 Å². The van der Waals surface area contributed by atoms with Crippen molar-refractivity contribution in [2.45, 2.75) is 12.3 Å². The Balaban J connectivity index is 1.88. The summed E-state index contributed by atoms with van der Waals surface area (Å²) in [7, 11) is 1.63. The van der Waals surface area contributed by atoms with Gasteiger partial charge < -0.3 is 9.72 Å². The molecule has 0 saturated carbocycles. The number of nitrogens with one attached hydrogen (secondary N) is 1. The number of para-hydroxylation sites is 2. The van der Waals surface area contributed by atoms with E-state index in [1.54, 1.807) is 7.11 Å². The number of hydrogen-bond acceptors (Lipinski definition) is 3. The van der Waals surface area contributed by atoms with Crippen molar-refractivity contribution < 1.29 is 4.74 Å².